The van der Waals surface area contributed by atoms with Gasteiger partial charge in [0.1, 0.15) is 0 Å². The molecule has 1 aliphatic carbocycles. The molecule has 1 rings (SSSR count). The van der Waals surface area contributed by atoms with Crippen molar-refractivity contribution >= 4 is 0 Å². The highest BCUT2D eigenvalue weighted by Gasteiger charge is 2.28. The fraction of sp³-hybridized carbons (Fsp3) is 1.00. The van der Waals surface area contributed by atoms with Gasteiger partial charge in [0.2, 0.25) is 0 Å². The lowest BCUT2D eigenvalue weighted by atomic mass is 9.79. The second-order valence-electron chi connectivity index (χ2n) is 4.83. The highest BCUT2D eigenvalue weighted by molar-refractivity contribution is 4.84. The molecule has 1 atom stereocenters. The van der Waals surface area contributed by atoms with E-state index in [2.05, 4.69) is 25.8 Å². The van der Waals surface area contributed by atoms with Crippen molar-refractivity contribution in [3.8, 4) is 0 Å². The molecule has 2 nitrogen and oxygen atoms in total. The van der Waals surface area contributed by atoms with Crippen LogP contribution in [0, 0.1) is 11.8 Å². The van der Waals surface area contributed by atoms with E-state index in [1.807, 2.05) is 0 Å². The van der Waals surface area contributed by atoms with E-state index >= 15 is 0 Å². The zero-order chi connectivity index (χ0) is 9.84. The number of likely N-dealkylation sites (N-methyl/N-ethyl adjacent to an activating group) is 1. The van der Waals surface area contributed by atoms with Crippen molar-refractivity contribution < 1.29 is 0 Å². The lowest BCUT2D eigenvalue weighted by molar-refractivity contribution is 0.114. The second kappa shape index (κ2) is 4.97. The first-order chi connectivity index (χ1) is 6.15. The monoisotopic (exact) mass is 184 g/mol. The average Bonchev–Trinajstić information content (AvgIpc) is 1.94. The predicted molar refractivity (Wildman–Crippen MR) is 57.7 cm³/mol. The van der Waals surface area contributed by atoms with Crippen molar-refractivity contribution in [2.45, 2.75) is 39.2 Å². The summed E-state index contributed by atoms with van der Waals surface area (Å²) >= 11 is 0. The van der Waals surface area contributed by atoms with Gasteiger partial charge in [-0.25, -0.2) is 0 Å². The number of hydrogen-bond donors (Lipinski definition) is 1. The fourth-order valence-electron chi connectivity index (χ4n) is 2.27. The van der Waals surface area contributed by atoms with Gasteiger partial charge in [-0.05, 0) is 31.7 Å². The molecule has 13 heavy (non-hydrogen) atoms. The van der Waals surface area contributed by atoms with Crippen LogP contribution in [0.5, 0.6) is 0 Å². The molecule has 0 heterocycles. The van der Waals surface area contributed by atoms with Gasteiger partial charge in [-0.2, -0.15) is 0 Å². The molecule has 0 aromatic carbocycles. The second-order valence-corrected chi connectivity index (χ2v) is 4.83. The Morgan fingerprint density at radius 3 is 2.31 bits per heavy atom. The first-order valence-electron chi connectivity index (χ1n) is 5.55. The summed E-state index contributed by atoms with van der Waals surface area (Å²) in [5.74, 6) is 1.63. The van der Waals surface area contributed by atoms with Crippen molar-refractivity contribution in [2.24, 2.45) is 17.6 Å². The quantitative estimate of drug-likeness (QED) is 0.704. The molecular weight excluding hydrogens is 160 g/mol. The first-order valence-corrected chi connectivity index (χ1v) is 5.55. The maximum absolute atomic E-state index is 5.82. The van der Waals surface area contributed by atoms with E-state index in [4.69, 9.17) is 5.73 Å². The zero-order valence-electron chi connectivity index (χ0n) is 9.29. The van der Waals surface area contributed by atoms with Crippen LogP contribution in [0.3, 0.4) is 0 Å². The molecule has 0 spiro atoms. The van der Waals surface area contributed by atoms with Crippen LogP contribution in [0.4, 0.5) is 0 Å². The van der Waals surface area contributed by atoms with E-state index in [1.165, 1.54) is 25.8 Å². The molecule has 1 unspecified atom stereocenters. The smallest absolute Gasteiger partial charge is 0.0243 e. The summed E-state index contributed by atoms with van der Waals surface area (Å²) in [4.78, 5) is 2.45. The van der Waals surface area contributed by atoms with Crippen LogP contribution in [0.15, 0.2) is 0 Å². The Kier molecular flexibility index (Phi) is 4.20. The van der Waals surface area contributed by atoms with Crippen LogP contribution < -0.4 is 5.73 Å². The van der Waals surface area contributed by atoms with Crippen molar-refractivity contribution in [1.29, 1.82) is 0 Å². The molecule has 0 amide bonds. The van der Waals surface area contributed by atoms with Crippen LogP contribution in [-0.4, -0.2) is 31.1 Å². The van der Waals surface area contributed by atoms with Gasteiger partial charge in [0, 0.05) is 19.1 Å². The van der Waals surface area contributed by atoms with Crippen molar-refractivity contribution in [2.75, 3.05) is 20.1 Å². The molecule has 1 fully saturated rings. The molecule has 2 N–H and O–H groups in total. The van der Waals surface area contributed by atoms with Gasteiger partial charge in [0.15, 0.2) is 0 Å². The number of hydrogen-bond acceptors (Lipinski definition) is 2. The molecule has 0 aliphatic heterocycles. The van der Waals surface area contributed by atoms with Crippen molar-refractivity contribution in [3.05, 3.63) is 0 Å². The molecule has 0 radical (unpaired) electrons. The van der Waals surface area contributed by atoms with Crippen LogP contribution in [0.1, 0.15) is 33.1 Å². The van der Waals surface area contributed by atoms with Gasteiger partial charge in [0.25, 0.3) is 0 Å². The summed E-state index contributed by atoms with van der Waals surface area (Å²) in [7, 11) is 2.22. The summed E-state index contributed by atoms with van der Waals surface area (Å²) in [6.07, 6.45) is 4.20. The third kappa shape index (κ3) is 2.96. The van der Waals surface area contributed by atoms with Crippen molar-refractivity contribution in [1.82, 2.24) is 4.90 Å². The topological polar surface area (TPSA) is 29.3 Å². The van der Waals surface area contributed by atoms with E-state index in [9.17, 15) is 0 Å². The normalized spacial score (nSPS) is 20.8. The minimum atomic E-state index is 0.635. The Morgan fingerprint density at radius 1 is 1.38 bits per heavy atom. The van der Waals surface area contributed by atoms with Crippen LogP contribution >= 0.6 is 0 Å². The maximum atomic E-state index is 5.82. The Labute approximate surface area is 82.5 Å². The highest BCUT2D eigenvalue weighted by atomic mass is 15.1. The van der Waals surface area contributed by atoms with Gasteiger partial charge in [-0.1, -0.05) is 20.3 Å². The third-order valence-corrected chi connectivity index (χ3v) is 3.15. The van der Waals surface area contributed by atoms with Gasteiger partial charge < -0.3 is 10.6 Å². The van der Waals surface area contributed by atoms with E-state index in [0.717, 1.165) is 18.4 Å². The summed E-state index contributed by atoms with van der Waals surface area (Å²) in [6.45, 7) is 6.54. The minimum absolute atomic E-state index is 0.635. The number of rotatable bonds is 5. The summed E-state index contributed by atoms with van der Waals surface area (Å²) in [6, 6.07) is 0.635. The summed E-state index contributed by atoms with van der Waals surface area (Å²) in [5.41, 5.74) is 5.82. The van der Waals surface area contributed by atoms with Crippen LogP contribution in [-0.2, 0) is 0 Å². The lowest BCUT2D eigenvalue weighted by Gasteiger charge is -2.39. The van der Waals surface area contributed by atoms with E-state index < -0.39 is 0 Å². The number of nitrogens with two attached hydrogens (primary N) is 1. The highest BCUT2D eigenvalue weighted by Crippen LogP contribution is 2.31. The maximum Gasteiger partial charge on any atom is 0.0243 e. The molecule has 0 aromatic heterocycles. The third-order valence-electron chi connectivity index (χ3n) is 3.15. The Hall–Kier alpha value is -0.0800. The molecular formula is C11H24N2. The molecule has 0 aromatic rings. The molecule has 78 valence electrons. The molecule has 0 saturated heterocycles. The van der Waals surface area contributed by atoms with Gasteiger partial charge in [-0.15, -0.1) is 0 Å². The zero-order valence-corrected chi connectivity index (χ0v) is 9.29. The van der Waals surface area contributed by atoms with Crippen molar-refractivity contribution in [3.63, 3.8) is 0 Å². The summed E-state index contributed by atoms with van der Waals surface area (Å²) < 4.78 is 0. The van der Waals surface area contributed by atoms with Crippen LogP contribution in [0.25, 0.3) is 0 Å². The van der Waals surface area contributed by atoms with E-state index in [-0.39, 0.29) is 0 Å². The van der Waals surface area contributed by atoms with Gasteiger partial charge in [-0.3, -0.25) is 0 Å². The van der Waals surface area contributed by atoms with Gasteiger partial charge >= 0.3 is 0 Å². The molecule has 1 aliphatic rings. The first kappa shape index (κ1) is 11.0. The lowest BCUT2D eigenvalue weighted by Crippen LogP contribution is -2.47. The Bertz CT molecular complexity index is 141. The average molecular weight is 184 g/mol. The van der Waals surface area contributed by atoms with Crippen LogP contribution in [0.2, 0.25) is 0 Å². The SMILES string of the molecule is CC(C)CN(C)C(CN)C1CCC1. The fourth-order valence-corrected chi connectivity index (χ4v) is 2.27. The van der Waals surface area contributed by atoms with Gasteiger partial charge in [0.05, 0.1) is 0 Å². The molecule has 1 saturated carbocycles. The van der Waals surface area contributed by atoms with E-state index in [1.54, 1.807) is 0 Å². The van der Waals surface area contributed by atoms with E-state index in [0.29, 0.717) is 6.04 Å². The largest absolute Gasteiger partial charge is 0.329 e. The standard InChI is InChI=1S/C11H24N2/c1-9(2)8-13(3)11(7-12)10-5-4-6-10/h9-11H,4-8,12H2,1-3H3. The molecule has 2 heteroatoms. The Balaban J connectivity index is 2.35. The Morgan fingerprint density at radius 2 is 2.00 bits per heavy atom. The summed E-state index contributed by atoms with van der Waals surface area (Å²) in [5, 5.41) is 0. The number of nitrogens with zero attached hydrogens (tertiary/aromatic N) is 1. The molecule has 0 bridgehead atoms. The minimum Gasteiger partial charge on any atom is -0.329 e. The predicted octanol–water partition coefficient (Wildman–Crippen LogP) is 1.70.